The molecule has 2 heterocycles. The minimum Gasteiger partial charge on any atom is -0.372 e. The van der Waals surface area contributed by atoms with Crippen LogP contribution < -0.4 is 0 Å². The summed E-state index contributed by atoms with van der Waals surface area (Å²) in [6.07, 6.45) is 4.68. The third-order valence-electron chi connectivity index (χ3n) is 5.68. The molecule has 7 nitrogen and oxygen atoms in total. The number of piperazine rings is 1. The van der Waals surface area contributed by atoms with Gasteiger partial charge in [0.05, 0.1) is 10.4 Å². The van der Waals surface area contributed by atoms with Crippen LogP contribution >= 0.6 is 0 Å². The Hall–Kier alpha value is -3.65. The van der Waals surface area contributed by atoms with E-state index in [0.717, 1.165) is 31.7 Å². The molecule has 1 fully saturated rings. The maximum absolute atomic E-state index is 13.1. The van der Waals surface area contributed by atoms with Gasteiger partial charge >= 0.3 is 0 Å². The van der Waals surface area contributed by atoms with Gasteiger partial charge in [-0.3, -0.25) is 24.8 Å². The summed E-state index contributed by atoms with van der Waals surface area (Å²) in [5.41, 5.74) is 1.33. The van der Waals surface area contributed by atoms with E-state index >= 15 is 0 Å². The predicted molar refractivity (Wildman–Crippen MR) is 120 cm³/mol. The van der Waals surface area contributed by atoms with Crippen molar-refractivity contribution in [2.75, 3.05) is 19.6 Å². The number of ketones is 1. The normalized spacial score (nSPS) is 17.2. The summed E-state index contributed by atoms with van der Waals surface area (Å²) in [4.78, 5) is 32.2. The van der Waals surface area contributed by atoms with Crippen molar-refractivity contribution in [2.24, 2.45) is 0 Å². The van der Waals surface area contributed by atoms with Crippen LogP contribution in [0.15, 0.2) is 67.0 Å². The van der Waals surface area contributed by atoms with Crippen LogP contribution in [-0.2, 0) is 6.54 Å². The summed E-state index contributed by atoms with van der Waals surface area (Å²) in [5.74, 6) is -0.659. The number of nitrogens with zero attached hydrogens (tertiary/aromatic N) is 4. The average Bonchev–Trinajstić information content (AvgIpc) is 2.79. The number of fused-ring (bicyclic) bond motifs is 1. The Morgan fingerprint density at radius 1 is 1.25 bits per heavy atom. The van der Waals surface area contributed by atoms with Gasteiger partial charge in [0.2, 0.25) is 0 Å². The molecule has 164 valence electrons. The molecule has 1 aliphatic rings. The second kappa shape index (κ2) is 9.23. The average molecular weight is 434 g/mol. The Bertz CT molecular complexity index is 1180. The molecule has 1 saturated heterocycles. The molecule has 3 aromatic rings. The highest BCUT2D eigenvalue weighted by Gasteiger charge is 2.23. The quantitative estimate of drug-likeness (QED) is 0.251. The molecule has 0 aliphatic carbocycles. The molecule has 8 heteroatoms. The summed E-state index contributed by atoms with van der Waals surface area (Å²) < 4.78 is 13.1. The van der Waals surface area contributed by atoms with Gasteiger partial charge in [-0.05, 0) is 36.8 Å². The van der Waals surface area contributed by atoms with Crippen molar-refractivity contribution < 1.29 is 14.1 Å². The fourth-order valence-corrected chi connectivity index (χ4v) is 3.97. The minimum absolute atomic E-state index is 0.0503. The maximum Gasteiger partial charge on any atom is 0.282 e. The van der Waals surface area contributed by atoms with Crippen LogP contribution in [0.4, 0.5) is 10.1 Å². The van der Waals surface area contributed by atoms with E-state index < -0.39 is 10.7 Å². The van der Waals surface area contributed by atoms with E-state index in [4.69, 9.17) is 0 Å². The van der Waals surface area contributed by atoms with Crippen molar-refractivity contribution in [3.63, 3.8) is 0 Å². The van der Waals surface area contributed by atoms with Gasteiger partial charge in [-0.2, -0.15) is 0 Å². The first-order chi connectivity index (χ1) is 15.4. The zero-order valence-electron chi connectivity index (χ0n) is 17.6. The Kier molecular flexibility index (Phi) is 6.23. The van der Waals surface area contributed by atoms with Crippen molar-refractivity contribution in [3.05, 3.63) is 94.1 Å². The number of nitro groups is 1. The summed E-state index contributed by atoms with van der Waals surface area (Å²) >= 11 is 0. The lowest BCUT2D eigenvalue weighted by molar-refractivity contribution is -0.385. The smallest absolute Gasteiger partial charge is 0.282 e. The van der Waals surface area contributed by atoms with E-state index in [2.05, 4.69) is 21.7 Å². The van der Waals surface area contributed by atoms with E-state index in [0.29, 0.717) is 10.9 Å². The number of carbonyl (C=O) groups is 1. The molecule has 32 heavy (non-hydrogen) atoms. The van der Waals surface area contributed by atoms with Crippen LogP contribution in [-0.4, -0.2) is 51.2 Å². The number of halogens is 1. The van der Waals surface area contributed by atoms with Crippen LogP contribution in [0.2, 0.25) is 0 Å². The number of nitro benzene ring substituents is 1. The predicted octanol–water partition coefficient (Wildman–Crippen LogP) is 4.18. The van der Waals surface area contributed by atoms with Crippen molar-refractivity contribution in [3.8, 4) is 0 Å². The van der Waals surface area contributed by atoms with Gasteiger partial charge in [0.15, 0.2) is 5.78 Å². The number of rotatable bonds is 6. The molecule has 1 aromatic heterocycles. The lowest BCUT2D eigenvalue weighted by atomic mass is 10.0. The zero-order chi connectivity index (χ0) is 22.7. The molecule has 0 unspecified atom stereocenters. The third-order valence-corrected chi connectivity index (χ3v) is 5.68. The van der Waals surface area contributed by atoms with Gasteiger partial charge in [0, 0.05) is 62.1 Å². The highest BCUT2D eigenvalue weighted by molar-refractivity contribution is 6.09. The number of hydrogen-bond acceptors (Lipinski definition) is 6. The van der Waals surface area contributed by atoms with Crippen molar-refractivity contribution in [2.45, 2.75) is 19.5 Å². The molecule has 1 aliphatic heterocycles. The summed E-state index contributed by atoms with van der Waals surface area (Å²) in [6, 6.07) is 13.0. The number of carbonyl (C=O) groups excluding carboxylic acids is 1. The Morgan fingerprint density at radius 2 is 2.03 bits per heavy atom. The van der Waals surface area contributed by atoms with Gasteiger partial charge in [-0.25, -0.2) is 4.39 Å². The largest absolute Gasteiger partial charge is 0.372 e. The topological polar surface area (TPSA) is 79.6 Å². The lowest BCUT2D eigenvalue weighted by Crippen LogP contribution is -2.49. The number of benzene rings is 2. The van der Waals surface area contributed by atoms with Crippen molar-refractivity contribution in [1.82, 2.24) is 14.8 Å². The molecule has 0 spiro atoms. The molecule has 0 saturated carbocycles. The van der Waals surface area contributed by atoms with E-state index in [1.165, 1.54) is 30.3 Å². The van der Waals surface area contributed by atoms with E-state index in [1.54, 1.807) is 36.7 Å². The Balaban J connectivity index is 1.44. The van der Waals surface area contributed by atoms with Crippen molar-refractivity contribution >= 4 is 22.4 Å². The zero-order valence-corrected chi connectivity index (χ0v) is 17.6. The van der Waals surface area contributed by atoms with Gasteiger partial charge in [-0.1, -0.05) is 18.2 Å². The molecule has 0 bridgehead atoms. The Labute approximate surface area is 184 Å². The summed E-state index contributed by atoms with van der Waals surface area (Å²) in [7, 11) is 0. The first kappa shape index (κ1) is 21.6. The highest BCUT2D eigenvalue weighted by Crippen LogP contribution is 2.25. The maximum atomic E-state index is 13.1. The third kappa shape index (κ3) is 4.81. The second-order valence-electron chi connectivity index (χ2n) is 7.95. The van der Waals surface area contributed by atoms with E-state index in [9.17, 15) is 19.3 Å². The van der Waals surface area contributed by atoms with Crippen LogP contribution in [0.3, 0.4) is 0 Å². The molecule has 0 N–H and O–H groups in total. The molecule has 0 amide bonds. The van der Waals surface area contributed by atoms with Gasteiger partial charge in [0.1, 0.15) is 11.4 Å². The fraction of sp³-hybridized carbons (Fsp3) is 0.250. The molecule has 2 aromatic carbocycles. The molecule has 0 radical (unpaired) electrons. The lowest BCUT2D eigenvalue weighted by Gasteiger charge is -2.39. The number of aromatic nitrogens is 1. The van der Waals surface area contributed by atoms with Crippen LogP contribution in [0, 0.1) is 15.9 Å². The summed E-state index contributed by atoms with van der Waals surface area (Å²) in [6.45, 7) is 5.10. The molecule has 4 rings (SSSR count). The number of allylic oxidation sites excluding steroid dienone is 1. The van der Waals surface area contributed by atoms with Crippen LogP contribution in [0.25, 0.3) is 10.9 Å². The second-order valence-corrected chi connectivity index (χ2v) is 7.95. The van der Waals surface area contributed by atoms with Gasteiger partial charge in [0.25, 0.3) is 5.69 Å². The molecule has 1 atom stereocenters. The Morgan fingerprint density at radius 3 is 2.75 bits per heavy atom. The van der Waals surface area contributed by atoms with Crippen LogP contribution in [0.1, 0.15) is 22.8 Å². The molecular formula is C24H23FN4O3. The first-order valence-electron chi connectivity index (χ1n) is 10.4. The van der Waals surface area contributed by atoms with Gasteiger partial charge in [-0.15, -0.1) is 0 Å². The highest BCUT2D eigenvalue weighted by atomic mass is 19.1. The number of pyridine rings is 1. The first-order valence-corrected chi connectivity index (χ1v) is 10.4. The summed E-state index contributed by atoms with van der Waals surface area (Å²) in [5, 5.41) is 12.2. The SMILES string of the molecule is C[C@@H]1CN(Cc2ccc(F)cc2)CCN1/C=C/C(=O)c1cc2cccnc2cc1[N+](=O)[O-]. The molecular weight excluding hydrogens is 411 g/mol. The number of hydrogen-bond donors (Lipinski definition) is 0. The van der Waals surface area contributed by atoms with Gasteiger partial charge < -0.3 is 4.90 Å². The standard InChI is InChI=1S/C24H23FN4O3/c1-17-15-27(16-18-4-6-20(25)7-5-18)11-12-28(17)10-8-24(30)21-13-19-3-2-9-26-22(19)14-23(21)29(31)32/h2-10,13-14,17H,11-12,15-16H2,1H3/b10-8+/t17-/m1/s1. The fourth-order valence-electron chi connectivity index (χ4n) is 3.97. The van der Waals surface area contributed by atoms with Crippen LogP contribution in [0.5, 0.6) is 0 Å². The monoisotopic (exact) mass is 434 g/mol. The van der Waals surface area contributed by atoms with E-state index in [1.807, 2.05) is 0 Å². The minimum atomic E-state index is -0.550. The van der Waals surface area contributed by atoms with Crippen molar-refractivity contribution in [1.29, 1.82) is 0 Å². The van der Waals surface area contributed by atoms with E-state index in [-0.39, 0.29) is 23.1 Å².